The molecule has 0 saturated heterocycles. The number of hydrogen-bond acceptors (Lipinski definition) is 3. The van der Waals surface area contributed by atoms with Gasteiger partial charge in [0.15, 0.2) is 0 Å². The van der Waals surface area contributed by atoms with Crippen LogP contribution in [0, 0.1) is 0 Å². The third kappa shape index (κ3) is 3.60. The maximum absolute atomic E-state index is 12.5. The van der Waals surface area contributed by atoms with Gasteiger partial charge in [0.25, 0.3) is 11.8 Å². The van der Waals surface area contributed by atoms with E-state index in [1.165, 1.54) is 6.20 Å². The van der Waals surface area contributed by atoms with E-state index >= 15 is 0 Å². The molecule has 1 heterocycles. The third-order valence-electron chi connectivity index (χ3n) is 3.86. The normalized spacial score (nSPS) is 10.4. The second-order valence-electron chi connectivity index (χ2n) is 5.49. The van der Waals surface area contributed by atoms with Crippen molar-refractivity contribution in [3.63, 3.8) is 0 Å². The van der Waals surface area contributed by atoms with E-state index in [1.807, 2.05) is 37.3 Å². The molecule has 3 rings (SSSR count). The number of hydrazine groups is 1. The van der Waals surface area contributed by atoms with E-state index in [0.29, 0.717) is 17.0 Å². The summed E-state index contributed by atoms with van der Waals surface area (Å²) in [6.07, 6.45) is 2.10. The fraction of sp³-hybridized carbons (Fsp3) is 0.105. The van der Waals surface area contributed by atoms with E-state index in [9.17, 15) is 9.59 Å². The second-order valence-corrected chi connectivity index (χ2v) is 5.90. The highest BCUT2D eigenvalue weighted by Crippen LogP contribution is 2.16. The van der Waals surface area contributed by atoms with Gasteiger partial charge in [-0.25, -0.2) is 4.68 Å². The first-order chi connectivity index (χ1) is 12.6. The Labute approximate surface area is 155 Å². The highest BCUT2D eigenvalue weighted by atomic mass is 35.5. The van der Waals surface area contributed by atoms with Crippen LogP contribution >= 0.6 is 11.6 Å². The smallest absolute Gasteiger partial charge is 0.267 e. The number of nitrogens with zero attached hydrogens (tertiary/aromatic N) is 2. The summed E-state index contributed by atoms with van der Waals surface area (Å²) in [5.41, 5.74) is 7.09. The Morgan fingerprint density at radius 2 is 1.58 bits per heavy atom. The van der Waals surface area contributed by atoms with Crippen LogP contribution in [0.2, 0.25) is 5.02 Å². The van der Waals surface area contributed by atoms with E-state index in [0.717, 1.165) is 11.4 Å². The number of rotatable bonds is 4. The first kappa shape index (κ1) is 17.7. The molecule has 0 bridgehead atoms. The topological polar surface area (TPSA) is 76.0 Å². The maximum Gasteiger partial charge on any atom is 0.273 e. The molecule has 0 atom stereocenters. The van der Waals surface area contributed by atoms with Crippen LogP contribution in [-0.4, -0.2) is 21.6 Å². The summed E-state index contributed by atoms with van der Waals surface area (Å²) in [5, 5.41) is 4.61. The lowest BCUT2D eigenvalue weighted by Gasteiger charge is -2.10. The van der Waals surface area contributed by atoms with E-state index in [2.05, 4.69) is 16.0 Å². The van der Waals surface area contributed by atoms with E-state index < -0.39 is 11.8 Å². The summed E-state index contributed by atoms with van der Waals surface area (Å²) >= 11 is 5.98. The van der Waals surface area contributed by atoms with E-state index in [4.69, 9.17) is 11.6 Å². The van der Waals surface area contributed by atoms with Gasteiger partial charge in [-0.3, -0.25) is 20.4 Å². The Hall–Kier alpha value is -3.12. The molecule has 26 heavy (non-hydrogen) atoms. The molecular formula is C19H17ClN4O2. The van der Waals surface area contributed by atoms with Crippen LogP contribution in [0.25, 0.3) is 5.69 Å². The van der Waals surface area contributed by atoms with Crippen molar-refractivity contribution < 1.29 is 9.59 Å². The maximum atomic E-state index is 12.5. The van der Waals surface area contributed by atoms with Gasteiger partial charge < -0.3 is 0 Å². The lowest BCUT2D eigenvalue weighted by molar-refractivity contribution is 0.0846. The fourth-order valence-electron chi connectivity index (χ4n) is 2.59. The Balaban J connectivity index is 1.76. The SMILES string of the molecule is CCc1c(C(=O)NNC(=O)c2ccccc2Cl)cnn1-c1ccccc1. The molecule has 0 aliphatic carbocycles. The molecule has 1 aromatic heterocycles. The minimum atomic E-state index is -0.488. The molecule has 7 heteroatoms. The van der Waals surface area contributed by atoms with E-state index in [-0.39, 0.29) is 5.56 Å². The van der Waals surface area contributed by atoms with Crippen molar-refractivity contribution in [2.75, 3.05) is 0 Å². The molecule has 0 fully saturated rings. The number of aromatic nitrogens is 2. The quantitative estimate of drug-likeness (QED) is 0.694. The zero-order valence-corrected chi connectivity index (χ0v) is 14.8. The predicted molar refractivity (Wildman–Crippen MR) is 99.3 cm³/mol. The van der Waals surface area contributed by atoms with Gasteiger partial charge >= 0.3 is 0 Å². The summed E-state index contributed by atoms with van der Waals surface area (Å²) < 4.78 is 1.71. The first-order valence-corrected chi connectivity index (χ1v) is 8.47. The minimum Gasteiger partial charge on any atom is -0.267 e. The van der Waals surface area contributed by atoms with Crippen molar-refractivity contribution in [2.45, 2.75) is 13.3 Å². The number of hydrogen-bond donors (Lipinski definition) is 2. The molecule has 2 N–H and O–H groups in total. The van der Waals surface area contributed by atoms with Crippen molar-refractivity contribution in [3.05, 3.63) is 82.6 Å². The molecular weight excluding hydrogens is 352 g/mol. The summed E-state index contributed by atoms with van der Waals surface area (Å²) in [4.78, 5) is 24.6. The first-order valence-electron chi connectivity index (χ1n) is 8.09. The molecule has 2 amide bonds. The number of benzene rings is 2. The lowest BCUT2D eigenvalue weighted by atomic mass is 10.2. The van der Waals surface area contributed by atoms with Crippen LogP contribution in [0.5, 0.6) is 0 Å². The van der Waals surface area contributed by atoms with Gasteiger partial charge in [0, 0.05) is 0 Å². The summed E-state index contributed by atoms with van der Waals surface area (Å²) in [7, 11) is 0. The zero-order valence-electron chi connectivity index (χ0n) is 14.1. The molecule has 3 aromatic rings. The monoisotopic (exact) mass is 368 g/mol. The van der Waals surface area contributed by atoms with Gasteiger partial charge in [0.2, 0.25) is 0 Å². The molecule has 0 saturated carbocycles. The molecule has 0 aliphatic rings. The summed E-state index contributed by atoms with van der Waals surface area (Å²) in [5.74, 6) is -0.929. The van der Waals surface area contributed by atoms with Crippen molar-refractivity contribution >= 4 is 23.4 Å². The van der Waals surface area contributed by atoms with Gasteiger partial charge in [-0.1, -0.05) is 48.9 Å². The van der Waals surface area contributed by atoms with Gasteiger partial charge in [-0.2, -0.15) is 5.10 Å². The van der Waals surface area contributed by atoms with E-state index in [1.54, 1.807) is 28.9 Å². The standard InChI is InChI=1S/C19H17ClN4O2/c1-2-17-15(12-21-24(17)13-8-4-3-5-9-13)19(26)23-22-18(25)14-10-6-7-11-16(14)20/h3-12H,2H2,1H3,(H,22,25)(H,23,26). The second kappa shape index (κ2) is 7.84. The lowest BCUT2D eigenvalue weighted by Crippen LogP contribution is -2.42. The average Bonchev–Trinajstić information content (AvgIpc) is 3.11. The van der Waals surface area contributed by atoms with Crippen molar-refractivity contribution in [1.29, 1.82) is 0 Å². The summed E-state index contributed by atoms with van der Waals surface area (Å²) in [6.45, 7) is 1.94. The van der Waals surface area contributed by atoms with Crippen molar-refractivity contribution in [2.24, 2.45) is 0 Å². The number of amides is 2. The molecule has 0 radical (unpaired) electrons. The Morgan fingerprint density at radius 3 is 2.23 bits per heavy atom. The Morgan fingerprint density at radius 1 is 0.962 bits per heavy atom. The average molecular weight is 369 g/mol. The minimum absolute atomic E-state index is 0.283. The van der Waals surface area contributed by atoms with Crippen molar-refractivity contribution in [1.82, 2.24) is 20.6 Å². The van der Waals surface area contributed by atoms with Crippen LogP contribution in [0.3, 0.4) is 0 Å². The zero-order chi connectivity index (χ0) is 18.5. The molecule has 0 aliphatic heterocycles. The van der Waals surface area contributed by atoms with Crippen LogP contribution in [0.1, 0.15) is 33.3 Å². The number of nitrogens with one attached hydrogen (secondary N) is 2. The molecule has 2 aromatic carbocycles. The number of halogens is 1. The number of para-hydroxylation sites is 1. The molecule has 6 nitrogen and oxygen atoms in total. The molecule has 132 valence electrons. The highest BCUT2D eigenvalue weighted by Gasteiger charge is 2.18. The number of carbonyl (C=O) groups excluding carboxylic acids is 2. The van der Waals surface area contributed by atoms with Crippen LogP contribution in [0.15, 0.2) is 60.8 Å². The predicted octanol–water partition coefficient (Wildman–Crippen LogP) is 3.16. The van der Waals surface area contributed by atoms with Gasteiger partial charge in [-0.05, 0) is 30.7 Å². The van der Waals surface area contributed by atoms with Crippen LogP contribution < -0.4 is 10.9 Å². The van der Waals surface area contributed by atoms with Crippen LogP contribution in [0.4, 0.5) is 0 Å². The van der Waals surface area contributed by atoms with Gasteiger partial charge in [0.05, 0.1) is 33.7 Å². The largest absolute Gasteiger partial charge is 0.273 e. The third-order valence-corrected chi connectivity index (χ3v) is 4.19. The highest BCUT2D eigenvalue weighted by molar-refractivity contribution is 6.33. The Bertz CT molecular complexity index is 938. The van der Waals surface area contributed by atoms with Gasteiger partial charge in [0.1, 0.15) is 0 Å². The molecule has 0 unspecified atom stereocenters. The fourth-order valence-corrected chi connectivity index (χ4v) is 2.81. The number of carbonyl (C=O) groups is 2. The summed E-state index contributed by atoms with van der Waals surface area (Å²) in [6, 6.07) is 16.1. The van der Waals surface area contributed by atoms with Gasteiger partial charge in [-0.15, -0.1) is 0 Å². The molecule has 0 spiro atoms. The van der Waals surface area contributed by atoms with Crippen molar-refractivity contribution in [3.8, 4) is 5.69 Å². The van der Waals surface area contributed by atoms with Crippen LogP contribution in [-0.2, 0) is 6.42 Å². The Kier molecular flexibility index (Phi) is 5.34.